The molecule has 1 atom stereocenters. The van der Waals surface area contributed by atoms with Gasteiger partial charge in [-0.3, -0.25) is 19.5 Å². The number of hydrogen-bond donors (Lipinski definition) is 1. The van der Waals surface area contributed by atoms with E-state index in [2.05, 4.69) is 5.32 Å². The first kappa shape index (κ1) is 20.8. The summed E-state index contributed by atoms with van der Waals surface area (Å²) in [5, 5.41) is 13.6. The number of rotatable bonds is 9. The monoisotopic (exact) mass is 392 g/mol. The molecule has 2 aromatic carbocycles. The lowest BCUT2D eigenvalue weighted by Gasteiger charge is -2.27. The lowest BCUT2D eigenvalue weighted by molar-refractivity contribution is -0.384. The molecule has 1 amide bonds. The van der Waals surface area contributed by atoms with Gasteiger partial charge in [-0.05, 0) is 25.5 Å². The van der Waals surface area contributed by atoms with Crippen LogP contribution in [0, 0.1) is 10.1 Å². The van der Waals surface area contributed by atoms with Crippen molar-refractivity contribution < 1.29 is 23.3 Å². The van der Waals surface area contributed by atoms with Crippen LogP contribution in [-0.4, -0.2) is 24.0 Å². The molecule has 2 aromatic rings. The summed E-state index contributed by atoms with van der Waals surface area (Å²) in [6.45, 7) is 3.62. The van der Waals surface area contributed by atoms with Crippen molar-refractivity contribution in [3.63, 3.8) is 0 Å². The molecule has 0 unspecified atom stereocenters. The molecule has 144 valence electrons. The van der Waals surface area contributed by atoms with Gasteiger partial charge in [-0.1, -0.05) is 36.4 Å². The number of nitrogens with one attached hydrogen (secondary N) is 1. The molecule has 8 nitrogen and oxygen atoms in total. The minimum absolute atomic E-state index is 0.0738. The van der Waals surface area contributed by atoms with E-state index in [0.29, 0.717) is 5.56 Å². The minimum Gasteiger partial charge on any atom is -0.334 e. The number of non-ortho nitro benzene ring substituents is 1. The molecule has 0 saturated carbocycles. The summed E-state index contributed by atoms with van der Waals surface area (Å²) >= 11 is 0. The van der Waals surface area contributed by atoms with E-state index in [9.17, 15) is 19.5 Å². The Morgan fingerprint density at radius 1 is 1.11 bits per heavy atom. The second-order valence-corrected chi connectivity index (χ2v) is 7.58. The van der Waals surface area contributed by atoms with Crippen LogP contribution < -0.4 is 5.32 Å². The Kier molecular flexibility index (Phi) is 7.24. The van der Waals surface area contributed by atoms with Gasteiger partial charge in [0.15, 0.2) is 5.78 Å². The van der Waals surface area contributed by atoms with Crippen molar-refractivity contribution in [3.05, 3.63) is 75.8 Å². The summed E-state index contributed by atoms with van der Waals surface area (Å²) in [4.78, 5) is 23.0. The molecule has 2 rings (SSSR count). The summed E-state index contributed by atoms with van der Waals surface area (Å²) in [6, 6.07) is 14.0. The van der Waals surface area contributed by atoms with Crippen LogP contribution in [-0.2, 0) is 13.6 Å². The van der Waals surface area contributed by atoms with E-state index in [4.69, 9.17) is 9.05 Å². The lowest BCUT2D eigenvalue weighted by atomic mass is 10.1. The molecular formula is C18H21N2O6P. The molecule has 0 bridgehead atoms. The number of nitrogens with zero attached hydrogens (tertiary/aromatic N) is 1. The molecule has 0 aliphatic heterocycles. The Balaban J connectivity index is 2.40. The van der Waals surface area contributed by atoms with Gasteiger partial charge in [-0.15, -0.1) is 0 Å². The van der Waals surface area contributed by atoms with Crippen molar-refractivity contribution in [1.29, 1.82) is 0 Å². The van der Waals surface area contributed by atoms with E-state index in [1.807, 2.05) is 0 Å². The Labute approximate surface area is 157 Å². The predicted molar refractivity (Wildman–Crippen MR) is 101 cm³/mol. The highest BCUT2D eigenvalue weighted by molar-refractivity contribution is 7.54. The van der Waals surface area contributed by atoms with Gasteiger partial charge >= 0.3 is 7.60 Å². The van der Waals surface area contributed by atoms with Crippen molar-refractivity contribution in [2.24, 2.45) is 0 Å². The average molecular weight is 392 g/mol. The van der Waals surface area contributed by atoms with Crippen LogP contribution in [0.25, 0.3) is 0 Å². The zero-order valence-electron chi connectivity index (χ0n) is 15.0. The smallest absolute Gasteiger partial charge is 0.334 e. The third-order valence-electron chi connectivity index (χ3n) is 3.64. The summed E-state index contributed by atoms with van der Waals surface area (Å²) in [7, 11) is -3.72. The zero-order chi connectivity index (χ0) is 19.9. The first-order valence-electron chi connectivity index (χ1n) is 8.40. The first-order chi connectivity index (χ1) is 12.9. The molecule has 0 aromatic heterocycles. The third kappa shape index (κ3) is 5.23. The molecule has 0 saturated heterocycles. The van der Waals surface area contributed by atoms with Crippen LogP contribution in [0.3, 0.4) is 0 Å². The van der Waals surface area contributed by atoms with Crippen molar-refractivity contribution >= 4 is 19.2 Å². The number of hydrogen-bond acceptors (Lipinski definition) is 6. The van der Waals surface area contributed by atoms with Gasteiger partial charge in [0.2, 0.25) is 0 Å². The summed E-state index contributed by atoms with van der Waals surface area (Å²) < 4.78 is 24.1. The topological polar surface area (TPSA) is 108 Å². The fraction of sp³-hybridized carbons (Fsp3) is 0.278. The molecule has 0 spiro atoms. The highest BCUT2D eigenvalue weighted by atomic mass is 31.2. The Morgan fingerprint density at radius 2 is 1.74 bits per heavy atom. The first-order valence-corrected chi connectivity index (χ1v) is 10.0. The Bertz CT molecular complexity index is 833. The van der Waals surface area contributed by atoms with E-state index >= 15 is 0 Å². The largest absolute Gasteiger partial charge is 0.357 e. The maximum atomic E-state index is 13.3. The second kappa shape index (κ2) is 9.41. The van der Waals surface area contributed by atoms with Gasteiger partial charge in [0.1, 0.15) is 0 Å². The Morgan fingerprint density at radius 3 is 2.30 bits per heavy atom. The van der Waals surface area contributed by atoms with E-state index in [1.165, 1.54) is 18.2 Å². The van der Waals surface area contributed by atoms with Crippen LogP contribution in [0.2, 0.25) is 0 Å². The fourth-order valence-corrected chi connectivity index (χ4v) is 4.40. The normalized spacial score (nSPS) is 12.4. The quantitative estimate of drug-likeness (QED) is 0.387. The third-order valence-corrected chi connectivity index (χ3v) is 5.93. The van der Waals surface area contributed by atoms with E-state index in [-0.39, 0.29) is 24.5 Å². The van der Waals surface area contributed by atoms with Gasteiger partial charge < -0.3 is 14.4 Å². The van der Waals surface area contributed by atoms with Crippen molar-refractivity contribution in [1.82, 2.24) is 5.32 Å². The van der Waals surface area contributed by atoms with Crippen LogP contribution in [0.1, 0.15) is 35.6 Å². The molecule has 27 heavy (non-hydrogen) atoms. The fourth-order valence-electron chi connectivity index (χ4n) is 2.49. The van der Waals surface area contributed by atoms with Gasteiger partial charge in [0, 0.05) is 17.7 Å². The van der Waals surface area contributed by atoms with Gasteiger partial charge in [-0.2, -0.15) is 0 Å². The number of nitro benzene ring substituents is 1. The lowest BCUT2D eigenvalue weighted by Crippen LogP contribution is -2.29. The van der Waals surface area contributed by atoms with Crippen LogP contribution in [0.5, 0.6) is 0 Å². The minimum atomic E-state index is -3.72. The number of amides is 1. The molecule has 0 aliphatic rings. The van der Waals surface area contributed by atoms with E-state index in [1.54, 1.807) is 44.2 Å². The SMILES string of the molecule is CCOP(=O)(OCC)[C@H](NC(=O)c1cccc([N+](=O)[O-])c1)c1ccccc1. The predicted octanol–water partition coefficient (Wildman–Crippen LogP) is 4.29. The Hall–Kier alpha value is -2.54. The summed E-state index contributed by atoms with van der Waals surface area (Å²) in [5.41, 5.74) is 0.405. The highest BCUT2D eigenvalue weighted by Gasteiger charge is 2.38. The number of benzene rings is 2. The van der Waals surface area contributed by atoms with Gasteiger partial charge in [0.05, 0.1) is 18.1 Å². The molecule has 0 aliphatic carbocycles. The number of nitro groups is 1. The number of carbonyl (C=O) groups excluding carboxylic acids is 1. The molecule has 0 fully saturated rings. The molecular weight excluding hydrogens is 371 g/mol. The van der Waals surface area contributed by atoms with E-state index in [0.717, 1.165) is 6.07 Å². The average Bonchev–Trinajstić information content (AvgIpc) is 2.67. The summed E-state index contributed by atoms with van der Waals surface area (Å²) in [5.74, 6) is -1.67. The van der Waals surface area contributed by atoms with Crippen LogP contribution in [0.15, 0.2) is 54.6 Å². The standard InChI is InChI=1S/C18H21N2O6P/c1-3-25-27(24,26-4-2)18(14-9-6-5-7-10-14)19-17(21)15-11-8-12-16(13-15)20(22)23/h5-13,18H,3-4H2,1-2H3,(H,19,21)/t18-/m0/s1. The highest BCUT2D eigenvalue weighted by Crippen LogP contribution is 2.59. The molecule has 9 heteroatoms. The zero-order valence-corrected chi connectivity index (χ0v) is 15.9. The maximum Gasteiger partial charge on any atom is 0.357 e. The molecule has 0 radical (unpaired) electrons. The summed E-state index contributed by atoms with van der Waals surface area (Å²) in [6.07, 6.45) is 0. The van der Waals surface area contributed by atoms with Crippen molar-refractivity contribution in [2.75, 3.05) is 13.2 Å². The number of carbonyl (C=O) groups is 1. The molecule has 0 heterocycles. The van der Waals surface area contributed by atoms with Crippen LogP contribution >= 0.6 is 7.60 Å². The second-order valence-electron chi connectivity index (χ2n) is 5.47. The van der Waals surface area contributed by atoms with E-state index < -0.39 is 24.2 Å². The van der Waals surface area contributed by atoms with Crippen LogP contribution in [0.4, 0.5) is 5.69 Å². The maximum absolute atomic E-state index is 13.3. The van der Waals surface area contributed by atoms with Gasteiger partial charge in [0.25, 0.3) is 11.6 Å². The molecule has 1 N–H and O–H groups in total. The van der Waals surface area contributed by atoms with Crippen molar-refractivity contribution in [2.45, 2.75) is 19.6 Å². The van der Waals surface area contributed by atoms with Gasteiger partial charge in [-0.25, -0.2) is 0 Å². The van der Waals surface area contributed by atoms with Crippen molar-refractivity contribution in [3.8, 4) is 0 Å².